The van der Waals surface area contributed by atoms with Crippen molar-refractivity contribution in [2.75, 3.05) is 0 Å². The number of aromatic nitrogens is 1. The van der Waals surface area contributed by atoms with Gasteiger partial charge in [-0.3, -0.25) is 4.79 Å². The Morgan fingerprint density at radius 1 is 1.08 bits per heavy atom. The van der Waals surface area contributed by atoms with E-state index in [1.54, 1.807) is 0 Å². The highest BCUT2D eigenvalue weighted by Gasteiger charge is 2.30. The van der Waals surface area contributed by atoms with Crippen molar-refractivity contribution >= 4 is 16.8 Å². The predicted octanol–water partition coefficient (Wildman–Crippen LogP) is 4.68. The van der Waals surface area contributed by atoms with Crippen molar-refractivity contribution < 1.29 is 18.0 Å². The minimum atomic E-state index is -4.41. The van der Waals surface area contributed by atoms with Crippen LogP contribution >= 0.6 is 0 Å². The number of carbonyl (C=O) groups is 1. The second-order valence-electron chi connectivity index (χ2n) is 5.59. The van der Waals surface area contributed by atoms with Crippen LogP contribution in [0.15, 0.2) is 54.6 Å². The number of halogens is 3. The zero-order chi connectivity index (χ0) is 17.3. The van der Waals surface area contributed by atoms with Crippen molar-refractivity contribution in [1.82, 2.24) is 10.3 Å². The van der Waals surface area contributed by atoms with Gasteiger partial charge in [0, 0.05) is 10.9 Å². The summed E-state index contributed by atoms with van der Waals surface area (Å²) in [7, 11) is 0. The SMILES string of the molecule is C[C@@H](NC(=O)c1cc2cc(C(F)(F)F)ccc2[nH]1)c1ccccc1. The second-order valence-corrected chi connectivity index (χ2v) is 5.59. The van der Waals surface area contributed by atoms with Crippen LogP contribution < -0.4 is 5.32 Å². The van der Waals surface area contributed by atoms with E-state index >= 15 is 0 Å². The van der Waals surface area contributed by atoms with E-state index in [9.17, 15) is 18.0 Å². The zero-order valence-corrected chi connectivity index (χ0v) is 12.8. The van der Waals surface area contributed by atoms with Crippen molar-refractivity contribution in [2.24, 2.45) is 0 Å². The molecule has 1 atom stereocenters. The van der Waals surface area contributed by atoms with Crippen LogP contribution in [0.3, 0.4) is 0 Å². The van der Waals surface area contributed by atoms with E-state index in [1.165, 1.54) is 12.1 Å². The Bertz CT molecular complexity index is 869. The van der Waals surface area contributed by atoms with Crippen LogP contribution in [-0.2, 0) is 6.18 Å². The number of nitrogens with one attached hydrogen (secondary N) is 2. The van der Waals surface area contributed by atoms with Crippen molar-refractivity contribution in [3.63, 3.8) is 0 Å². The molecule has 0 saturated heterocycles. The highest BCUT2D eigenvalue weighted by Crippen LogP contribution is 2.31. The molecular weight excluding hydrogens is 317 g/mol. The number of hydrogen-bond donors (Lipinski definition) is 2. The summed E-state index contributed by atoms with van der Waals surface area (Å²) in [5.74, 6) is -0.365. The molecule has 2 aromatic carbocycles. The third-order valence-electron chi connectivity index (χ3n) is 3.84. The topological polar surface area (TPSA) is 44.9 Å². The Kier molecular flexibility index (Phi) is 4.05. The molecule has 3 nitrogen and oxygen atoms in total. The Balaban J connectivity index is 1.83. The molecule has 1 heterocycles. The van der Waals surface area contributed by atoms with Gasteiger partial charge in [-0.15, -0.1) is 0 Å². The maximum Gasteiger partial charge on any atom is 0.416 e. The first-order valence-corrected chi connectivity index (χ1v) is 7.40. The maximum atomic E-state index is 12.8. The Morgan fingerprint density at radius 2 is 1.79 bits per heavy atom. The van der Waals surface area contributed by atoms with Gasteiger partial charge in [0.1, 0.15) is 5.69 Å². The molecule has 6 heteroatoms. The Hall–Kier alpha value is -2.76. The van der Waals surface area contributed by atoms with Gasteiger partial charge in [-0.2, -0.15) is 13.2 Å². The highest BCUT2D eigenvalue weighted by atomic mass is 19.4. The molecule has 3 aromatic rings. The van der Waals surface area contributed by atoms with E-state index in [1.807, 2.05) is 37.3 Å². The molecule has 1 amide bonds. The number of hydrogen-bond acceptors (Lipinski definition) is 1. The van der Waals surface area contributed by atoms with E-state index in [0.29, 0.717) is 10.9 Å². The third-order valence-corrected chi connectivity index (χ3v) is 3.84. The molecule has 0 aliphatic rings. The number of benzene rings is 2. The molecule has 0 saturated carbocycles. The van der Waals surface area contributed by atoms with Gasteiger partial charge in [0.25, 0.3) is 5.91 Å². The first-order valence-electron chi connectivity index (χ1n) is 7.40. The number of fused-ring (bicyclic) bond motifs is 1. The van der Waals surface area contributed by atoms with E-state index in [0.717, 1.165) is 17.7 Å². The smallest absolute Gasteiger partial charge is 0.351 e. The fourth-order valence-corrected chi connectivity index (χ4v) is 2.53. The fraction of sp³-hybridized carbons (Fsp3) is 0.167. The van der Waals surface area contributed by atoms with Gasteiger partial charge in [0.2, 0.25) is 0 Å². The molecule has 2 N–H and O–H groups in total. The van der Waals surface area contributed by atoms with E-state index in [-0.39, 0.29) is 17.6 Å². The normalized spacial score (nSPS) is 13.0. The minimum absolute atomic E-state index is 0.212. The summed E-state index contributed by atoms with van der Waals surface area (Å²) in [5, 5.41) is 3.18. The summed E-state index contributed by atoms with van der Waals surface area (Å²) >= 11 is 0. The van der Waals surface area contributed by atoms with Gasteiger partial charge >= 0.3 is 6.18 Å². The summed E-state index contributed by atoms with van der Waals surface area (Å²) in [4.78, 5) is 15.2. The maximum absolute atomic E-state index is 12.8. The quantitative estimate of drug-likeness (QED) is 0.719. The van der Waals surface area contributed by atoms with Crippen molar-refractivity contribution in [3.8, 4) is 0 Å². The minimum Gasteiger partial charge on any atom is -0.351 e. The van der Waals surface area contributed by atoms with Gasteiger partial charge in [0.15, 0.2) is 0 Å². The molecule has 0 spiro atoms. The number of alkyl halides is 3. The molecule has 124 valence electrons. The number of rotatable bonds is 3. The average Bonchev–Trinajstić information content (AvgIpc) is 2.98. The van der Waals surface area contributed by atoms with Crippen LogP contribution in [0.25, 0.3) is 10.9 Å². The lowest BCUT2D eigenvalue weighted by atomic mass is 10.1. The number of amides is 1. The molecule has 0 aliphatic carbocycles. The van der Waals surface area contributed by atoms with E-state index in [4.69, 9.17) is 0 Å². The van der Waals surface area contributed by atoms with Gasteiger partial charge in [-0.25, -0.2) is 0 Å². The van der Waals surface area contributed by atoms with Crippen LogP contribution in [0.4, 0.5) is 13.2 Å². The summed E-state index contributed by atoms with van der Waals surface area (Å²) in [6.45, 7) is 1.84. The van der Waals surface area contributed by atoms with E-state index in [2.05, 4.69) is 10.3 Å². The Labute approximate surface area is 136 Å². The largest absolute Gasteiger partial charge is 0.416 e. The molecule has 0 fully saturated rings. The fourth-order valence-electron chi connectivity index (χ4n) is 2.53. The molecule has 1 aromatic heterocycles. The molecular formula is C18H15F3N2O. The second kappa shape index (κ2) is 6.03. The first kappa shape index (κ1) is 16.1. The van der Waals surface area contributed by atoms with Crippen molar-refractivity contribution in [3.05, 3.63) is 71.4 Å². The Morgan fingerprint density at radius 3 is 2.46 bits per heavy atom. The summed E-state index contributed by atoms with van der Waals surface area (Å²) in [6, 6.07) is 14.0. The van der Waals surface area contributed by atoms with Gasteiger partial charge in [-0.05, 0) is 36.8 Å². The average molecular weight is 332 g/mol. The summed E-state index contributed by atoms with van der Waals surface area (Å²) < 4.78 is 38.3. The number of carbonyl (C=O) groups excluding carboxylic acids is 1. The van der Waals surface area contributed by atoms with Crippen LogP contribution in [0, 0.1) is 0 Å². The van der Waals surface area contributed by atoms with Crippen molar-refractivity contribution in [1.29, 1.82) is 0 Å². The van der Waals surface area contributed by atoms with Crippen LogP contribution in [0.1, 0.15) is 34.6 Å². The van der Waals surface area contributed by atoms with Gasteiger partial charge in [0.05, 0.1) is 11.6 Å². The lowest BCUT2D eigenvalue weighted by Gasteiger charge is -2.13. The summed E-state index contributed by atoms with van der Waals surface area (Å²) in [5.41, 5.74) is 0.924. The van der Waals surface area contributed by atoms with Crippen LogP contribution in [0.2, 0.25) is 0 Å². The predicted molar refractivity (Wildman–Crippen MR) is 85.6 cm³/mol. The highest BCUT2D eigenvalue weighted by molar-refractivity contribution is 5.98. The monoisotopic (exact) mass is 332 g/mol. The molecule has 0 radical (unpaired) electrons. The lowest BCUT2D eigenvalue weighted by Crippen LogP contribution is -2.26. The zero-order valence-electron chi connectivity index (χ0n) is 12.8. The first-order chi connectivity index (χ1) is 11.3. The molecule has 0 bridgehead atoms. The molecule has 3 rings (SSSR count). The van der Waals surface area contributed by atoms with Gasteiger partial charge in [-0.1, -0.05) is 30.3 Å². The van der Waals surface area contributed by atoms with Crippen LogP contribution in [0.5, 0.6) is 0 Å². The molecule has 0 unspecified atom stereocenters. The number of H-pyrrole nitrogens is 1. The third kappa shape index (κ3) is 3.27. The van der Waals surface area contributed by atoms with Crippen molar-refractivity contribution in [2.45, 2.75) is 19.1 Å². The lowest BCUT2D eigenvalue weighted by molar-refractivity contribution is -0.137. The van der Waals surface area contributed by atoms with E-state index < -0.39 is 11.7 Å². The van der Waals surface area contributed by atoms with Gasteiger partial charge < -0.3 is 10.3 Å². The number of aromatic amines is 1. The summed E-state index contributed by atoms with van der Waals surface area (Å²) in [6.07, 6.45) is -4.41. The van der Waals surface area contributed by atoms with Crippen LogP contribution in [-0.4, -0.2) is 10.9 Å². The molecule has 0 aliphatic heterocycles. The standard InChI is InChI=1S/C18H15F3N2O/c1-11(12-5-3-2-4-6-12)22-17(24)16-10-13-9-14(18(19,20)21)7-8-15(13)23-16/h2-11,23H,1H3,(H,22,24)/t11-/m1/s1. The molecule has 24 heavy (non-hydrogen) atoms.